The van der Waals surface area contributed by atoms with E-state index >= 15 is 0 Å². The molecule has 0 aliphatic carbocycles. The van der Waals surface area contributed by atoms with E-state index in [1.54, 1.807) is 18.4 Å². The first-order chi connectivity index (χ1) is 14.8. The average Bonchev–Trinajstić information content (AvgIpc) is 3.20. The van der Waals surface area contributed by atoms with Crippen LogP contribution in [0.4, 0.5) is 18.9 Å². The van der Waals surface area contributed by atoms with Gasteiger partial charge in [-0.1, -0.05) is 11.8 Å². The molecule has 0 spiro atoms. The van der Waals surface area contributed by atoms with Crippen LogP contribution in [0.3, 0.4) is 0 Å². The van der Waals surface area contributed by atoms with Crippen molar-refractivity contribution in [3.8, 4) is 5.69 Å². The van der Waals surface area contributed by atoms with Crippen LogP contribution in [-0.2, 0) is 4.79 Å². The summed E-state index contributed by atoms with van der Waals surface area (Å²) in [5.41, 5.74) is 0.770. The smallest absolute Gasteiger partial charge is 0.276 e. The Hall–Kier alpha value is -3.11. The summed E-state index contributed by atoms with van der Waals surface area (Å²) in [5.74, 6) is -2.79. The minimum absolute atomic E-state index is 0.153. The summed E-state index contributed by atoms with van der Waals surface area (Å²) < 4.78 is 42.3. The number of halogens is 3. The van der Waals surface area contributed by atoms with E-state index in [9.17, 15) is 22.8 Å². The number of benzene rings is 2. The van der Waals surface area contributed by atoms with Gasteiger partial charge in [0, 0.05) is 6.07 Å². The second-order valence-electron chi connectivity index (χ2n) is 6.56. The van der Waals surface area contributed by atoms with Gasteiger partial charge in [0.25, 0.3) is 5.56 Å². The Bertz CT molecular complexity index is 1370. The van der Waals surface area contributed by atoms with E-state index in [0.717, 1.165) is 23.9 Å². The van der Waals surface area contributed by atoms with Crippen LogP contribution < -0.4 is 10.9 Å². The summed E-state index contributed by atoms with van der Waals surface area (Å²) in [5, 5.41) is 4.33. The van der Waals surface area contributed by atoms with Crippen LogP contribution >= 0.6 is 23.1 Å². The van der Waals surface area contributed by atoms with Crippen molar-refractivity contribution in [2.24, 2.45) is 0 Å². The number of hydrogen-bond acceptors (Lipinski definition) is 5. The molecule has 0 bridgehead atoms. The van der Waals surface area contributed by atoms with Crippen molar-refractivity contribution >= 4 is 44.9 Å². The highest BCUT2D eigenvalue weighted by atomic mass is 32.2. The molecule has 1 N–H and O–H groups in total. The Morgan fingerprint density at radius 2 is 1.94 bits per heavy atom. The highest BCUT2D eigenvalue weighted by molar-refractivity contribution is 7.99. The molecule has 0 radical (unpaired) electrons. The van der Waals surface area contributed by atoms with Crippen molar-refractivity contribution in [1.29, 1.82) is 0 Å². The van der Waals surface area contributed by atoms with Gasteiger partial charge in [0.2, 0.25) is 5.91 Å². The van der Waals surface area contributed by atoms with Crippen LogP contribution in [0, 0.1) is 24.4 Å². The number of carbonyl (C=O) groups is 1. The number of aromatic nitrogens is 2. The number of aryl methyl sites for hydroxylation is 1. The molecule has 4 rings (SSSR count). The fourth-order valence-corrected chi connectivity index (χ4v) is 4.46. The highest BCUT2D eigenvalue weighted by Crippen LogP contribution is 2.25. The first-order valence-electron chi connectivity index (χ1n) is 8.98. The van der Waals surface area contributed by atoms with Crippen molar-refractivity contribution in [3.63, 3.8) is 0 Å². The summed E-state index contributed by atoms with van der Waals surface area (Å²) in [6.07, 6.45) is 0. The van der Waals surface area contributed by atoms with E-state index in [-0.39, 0.29) is 22.2 Å². The lowest BCUT2D eigenvalue weighted by atomic mass is 10.2. The number of nitrogens with zero attached hydrogens (tertiary/aromatic N) is 2. The van der Waals surface area contributed by atoms with Gasteiger partial charge in [-0.15, -0.1) is 11.3 Å². The minimum Gasteiger partial charge on any atom is -0.323 e. The molecule has 31 heavy (non-hydrogen) atoms. The molecule has 1 amide bonds. The molecule has 2 heterocycles. The Labute approximate surface area is 182 Å². The molecular formula is C21H14F3N3O2S2. The number of amides is 1. The molecule has 0 fully saturated rings. The quantitative estimate of drug-likeness (QED) is 0.339. The lowest BCUT2D eigenvalue weighted by Crippen LogP contribution is -2.22. The van der Waals surface area contributed by atoms with Gasteiger partial charge >= 0.3 is 0 Å². The molecule has 2 aromatic heterocycles. The van der Waals surface area contributed by atoms with Crippen LogP contribution in [0.2, 0.25) is 0 Å². The highest BCUT2D eigenvalue weighted by Gasteiger charge is 2.17. The van der Waals surface area contributed by atoms with Gasteiger partial charge in [-0.25, -0.2) is 18.2 Å². The van der Waals surface area contributed by atoms with E-state index in [0.29, 0.717) is 27.5 Å². The summed E-state index contributed by atoms with van der Waals surface area (Å²) in [6, 6.07) is 8.77. The third-order valence-electron chi connectivity index (χ3n) is 4.39. The summed E-state index contributed by atoms with van der Waals surface area (Å²) >= 11 is 2.21. The maximum atomic E-state index is 13.8. The first kappa shape index (κ1) is 21.1. The van der Waals surface area contributed by atoms with Crippen molar-refractivity contribution in [2.75, 3.05) is 11.1 Å². The lowest BCUT2D eigenvalue weighted by molar-refractivity contribution is -0.113. The lowest BCUT2D eigenvalue weighted by Gasteiger charge is -2.13. The van der Waals surface area contributed by atoms with Gasteiger partial charge in [-0.2, -0.15) is 0 Å². The van der Waals surface area contributed by atoms with E-state index in [1.807, 2.05) is 0 Å². The molecular weight excluding hydrogens is 447 g/mol. The minimum atomic E-state index is -0.894. The Morgan fingerprint density at radius 3 is 2.68 bits per heavy atom. The predicted octanol–water partition coefficient (Wildman–Crippen LogP) is 4.90. The predicted molar refractivity (Wildman–Crippen MR) is 116 cm³/mol. The molecule has 5 nitrogen and oxygen atoms in total. The molecule has 0 saturated heterocycles. The zero-order valence-electron chi connectivity index (χ0n) is 16.0. The SMILES string of the molecule is Cc1cc(-n2c(SCC(=O)Nc3ccc(F)cc3F)nc3ccsc3c2=O)ccc1F. The van der Waals surface area contributed by atoms with Crippen LogP contribution in [0.15, 0.2) is 57.8 Å². The monoisotopic (exact) mass is 461 g/mol. The molecule has 10 heteroatoms. The van der Waals surface area contributed by atoms with E-state index in [4.69, 9.17) is 0 Å². The zero-order valence-corrected chi connectivity index (χ0v) is 17.6. The maximum absolute atomic E-state index is 13.8. The number of thiophene rings is 1. The molecule has 0 unspecified atom stereocenters. The second-order valence-corrected chi connectivity index (χ2v) is 8.42. The van der Waals surface area contributed by atoms with E-state index in [2.05, 4.69) is 10.3 Å². The molecule has 0 aliphatic rings. The van der Waals surface area contributed by atoms with E-state index < -0.39 is 23.4 Å². The molecule has 0 atom stereocenters. The second kappa shape index (κ2) is 8.56. The number of hydrogen-bond donors (Lipinski definition) is 1. The number of fused-ring (bicyclic) bond motifs is 1. The zero-order chi connectivity index (χ0) is 22.1. The third-order valence-corrected chi connectivity index (χ3v) is 6.22. The molecule has 2 aromatic carbocycles. The summed E-state index contributed by atoms with van der Waals surface area (Å²) in [4.78, 5) is 29.8. The van der Waals surface area contributed by atoms with Crippen molar-refractivity contribution < 1.29 is 18.0 Å². The van der Waals surface area contributed by atoms with Gasteiger partial charge in [0.1, 0.15) is 22.2 Å². The van der Waals surface area contributed by atoms with Gasteiger partial charge < -0.3 is 5.32 Å². The number of anilines is 1. The topological polar surface area (TPSA) is 64.0 Å². The molecule has 0 aliphatic heterocycles. The first-order valence-corrected chi connectivity index (χ1v) is 10.8. The number of carbonyl (C=O) groups excluding carboxylic acids is 1. The molecule has 158 valence electrons. The Kier molecular flexibility index (Phi) is 5.84. The Balaban J connectivity index is 1.65. The van der Waals surface area contributed by atoms with Gasteiger partial charge in [-0.3, -0.25) is 14.2 Å². The summed E-state index contributed by atoms with van der Waals surface area (Å²) in [7, 11) is 0. The standard InChI is InChI=1S/C21H14F3N3O2S2/c1-11-8-13(3-4-14(11)23)27-20(29)19-17(6-7-30-19)26-21(27)31-10-18(28)25-16-5-2-12(22)9-15(16)24/h2-9H,10H2,1H3,(H,25,28). The van der Waals surface area contributed by atoms with E-state index in [1.165, 1.54) is 34.1 Å². The number of thioether (sulfide) groups is 1. The van der Waals surface area contributed by atoms with Gasteiger partial charge in [0.05, 0.1) is 22.6 Å². The molecule has 4 aromatic rings. The van der Waals surface area contributed by atoms with Crippen LogP contribution in [0.1, 0.15) is 5.56 Å². The van der Waals surface area contributed by atoms with Crippen molar-refractivity contribution in [3.05, 3.63) is 81.2 Å². The van der Waals surface area contributed by atoms with Crippen LogP contribution in [0.25, 0.3) is 15.9 Å². The number of rotatable bonds is 5. The maximum Gasteiger partial charge on any atom is 0.276 e. The molecule has 0 saturated carbocycles. The largest absolute Gasteiger partial charge is 0.323 e. The van der Waals surface area contributed by atoms with Crippen LogP contribution in [0.5, 0.6) is 0 Å². The average molecular weight is 461 g/mol. The number of nitrogens with one attached hydrogen (secondary N) is 1. The third kappa shape index (κ3) is 4.35. The van der Waals surface area contributed by atoms with Gasteiger partial charge in [-0.05, 0) is 54.3 Å². The van der Waals surface area contributed by atoms with Gasteiger partial charge in [0.15, 0.2) is 5.16 Å². The van der Waals surface area contributed by atoms with Crippen molar-refractivity contribution in [2.45, 2.75) is 12.1 Å². The summed E-state index contributed by atoms with van der Waals surface area (Å²) in [6.45, 7) is 1.58. The Morgan fingerprint density at radius 1 is 1.13 bits per heavy atom. The normalized spacial score (nSPS) is 11.1. The van der Waals surface area contributed by atoms with Crippen molar-refractivity contribution in [1.82, 2.24) is 9.55 Å². The fourth-order valence-electron chi connectivity index (χ4n) is 2.89. The fraction of sp³-hybridized carbons (Fsp3) is 0.0952. The van der Waals surface area contributed by atoms with Crippen LogP contribution in [-0.4, -0.2) is 21.2 Å².